The molecule has 28 heavy (non-hydrogen) atoms. The topological polar surface area (TPSA) is 64.4 Å². The number of para-hydroxylation sites is 1. The van der Waals surface area contributed by atoms with E-state index in [1.54, 1.807) is 10.9 Å². The molecule has 1 amide bonds. The van der Waals surface area contributed by atoms with Crippen LogP contribution in [0.4, 0.5) is 0 Å². The lowest BCUT2D eigenvalue weighted by Gasteiger charge is -2.33. The molecule has 1 heterocycles. The van der Waals surface area contributed by atoms with Crippen LogP contribution >= 0.6 is 0 Å². The summed E-state index contributed by atoms with van der Waals surface area (Å²) in [5.74, 6) is -0.430. The summed E-state index contributed by atoms with van der Waals surface area (Å²) < 4.78 is 7.02. The van der Waals surface area contributed by atoms with Crippen molar-refractivity contribution in [3.05, 3.63) is 48.3 Å². The number of aryl methyl sites for hydroxylation is 1. The van der Waals surface area contributed by atoms with Crippen molar-refractivity contribution in [3.8, 4) is 5.69 Å². The molecule has 1 aliphatic rings. The van der Waals surface area contributed by atoms with E-state index in [1.165, 1.54) is 19.3 Å². The Hall–Kier alpha value is -2.63. The van der Waals surface area contributed by atoms with Gasteiger partial charge in [0.15, 0.2) is 6.61 Å². The first-order chi connectivity index (χ1) is 13.7. The van der Waals surface area contributed by atoms with E-state index in [-0.39, 0.29) is 24.9 Å². The second-order valence-electron chi connectivity index (χ2n) is 7.26. The van der Waals surface area contributed by atoms with Gasteiger partial charge in [0.1, 0.15) is 0 Å². The number of carbonyl (C=O) groups is 2. The van der Waals surface area contributed by atoms with Crippen LogP contribution in [0.1, 0.15) is 51.0 Å². The molecule has 1 aliphatic carbocycles. The Morgan fingerprint density at radius 1 is 1.18 bits per heavy atom. The van der Waals surface area contributed by atoms with Crippen LogP contribution in [-0.2, 0) is 20.7 Å². The number of hydrogen-bond donors (Lipinski definition) is 0. The minimum atomic E-state index is -0.347. The van der Waals surface area contributed by atoms with Crippen molar-refractivity contribution in [3.63, 3.8) is 0 Å². The summed E-state index contributed by atoms with van der Waals surface area (Å²) in [4.78, 5) is 26.4. The minimum absolute atomic E-state index is 0.0837. The molecule has 3 rings (SSSR count). The van der Waals surface area contributed by atoms with Gasteiger partial charge < -0.3 is 9.64 Å². The van der Waals surface area contributed by atoms with Crippen LogP contribution in [0.2, 0.25) is 0 Å². The number of esters is 1. The SMILES string of the molecule is CCN(C(=O)COC(=O)CCc1cnn(-c2ccccc2)c1)C1CCCCC1. The molecule has 1 aromatic carbocycles. The number of aromatic nitrogens is 2. The number of rotatable bonds is 8. The number of likely N-dealkylation sites (N-methyl/N-ethyl adjacent to an activating group) is 1. The molecule has 1 aromatic heterocycles. The summed E-state index contributed by atoms with van der Waals surface area (Å²) in [6.45, 7) is 2.49. The summed E-state index contributed by atoms with van der Waals surface area (Å²) in [5, 5.41) is 4.33. The Bertz CT molecular complexity index is 766. The maximum atomic E-state index is 12.4. The monoisotopic (exact) mass is 383 g/mol. The fraction of sp³-hybridized carbons (Fsp3) is 0.500. The largest absolute Gasteiger partial charge is 0.456 e. The molecule has 0 atom stereocenters. The van der Waals surface area contributed by atoms with Gasteiger partial charge in [-0.05, 0) is 43.9 Å². The number of ether oxygens (including phenoxy) is 1. The van der Waals surface area contributed by atoms with Crippen LogP contribution in [0.3, 0.4) is 0 Å². The quantitative estimate of drug-likeness (QED) is 0.654. The van der Waals surface area contributed by atoms with Gasteiger partial charge in [-0.25, -0.2) is 4.68 Å². The smallest absolute Gasteiger partial charge is 0.306 e. The molecule has 1 saturated carbocycles. The Kier molecular flexibility index (Phi) is 7.23. The normalized spacial score (nSPS) is 14.6. The number of benzene rings is 1. The first kappa shape index (κ1) is 20.1. The molecule has 150 valence electrons. The van der Waals surface area contributed by atoms with E-state index in [9.17, 15) is 9.59 Å². The Morgan fingerprint density at radius 2 is 1.93 bits per heavy atom. The summed E-state index contributed by atoms with van der Waals surface area (Å²) in [5.41, 5.74) is 1.94. The number of nitrogens with zero attached hydrogens (tertiary/aromatic N) is 3. The third-order valence-electron chi connectivity index (χ3n) is 5.31. The van der Waals surface area contributed by atoms with Crippen molar-refractivity contribution < 1.29 is 14.3 Å². The molecule has 0 saturated heterocycles. The predicted molar refractivity (Wildman–Crippen MR) is 107 cm³/mol. The van der Waals surface area contributed by atoms with E-state index >= 15 is 0 Å². The van der Waals surface area contributed by atoms with Gasteiger partial charge in [0, 0.05) is 25.2 Å². The zero-order valence-corrected chi connectivity index (χ0v) is 16.5. The summed E-state index contributed by atoms with van der Waals surface area (Å²) in [6, 6.07) is 10.1. The van der Waals surface area contributed by atoms with Crippen LogP contribution in [-0.4, -0.2) is 45.8 Å². The summed E-state index contributed by atoms with van der Waals surface area (Å²) in [7, 11) is 0. The Morgan fingerprint density at radius 3 is 2.64 bits per heavy atom. The molecule has 0 N–H and O–H groups in total. The third kappa shape index (κ3) is 5.44. The van der Waals surface area contributed by atoms with Crippen molar-refractivity contribution in [1.82, 2.24) is 14.7 Å². The van der Waals surface area contributed by atoms with Gasteiger partial charge in [-0.15, -0.1) is 0 Å². The van der Waals surface area contributed by atoms with Crippen molar-refractivity contribution >= 4 is 11.9 Å². The van der Waals surface area contributed by atoms with Crippen LogP contribution in [0.15, 0.2) is 42.7 Å². The summed E-state index contributed by atoms with van der Waals surface area (Å²) in [6.07, 6.45) is 10.2. The maximum Gasteiger partial charge on any atom is 0.306 e. The fourth-order valence-corrected chi connectivity index (χ4v) is 3.79. The number of hydrogen-bond acceptors (Lipinski definition) is 4. The highest BCUT2D eigenvalue weighted by atomic mass is 16.5. The highest BCUT2D eigenvalue weighted by molar-refractivity contribution is 5.81. The minimum Gasteiger partial charge on any atom is -0.456 e. The van der Waals surface area contributed by atoms with E-state index in [2.05, 4.69) is 5.10 Å². The second-order valence-corrected chi connectivity index (χ2v) is 7.26. The van der Waals surface area contributed by atoms with E-state index in [0.717, 1.165) is 24.1 Å². The molecule has 0 bridgehead atoms. The Labute approximate surface area is 166 Å². The van der Waals surface area contributed by atoms with Gasteiger partial charge in [0.2, 0.25) is 0 Å². The first-order valence-corrected chi connectivity index (χ1v) is 10.2. The van der Waals surface area contributed by atoms with E-state index in [4.69, 9.17) is 4.74 Å². The maximum absolute atomic E-state index is 12.4. The van der Waals surface area contributed by atoms with Crippen molar-refractivity contribution in [1.29, 1.82) is 0 Å². The summed E-state index contributed by atoms with van der Waals surface area (Å²) >= 11 is 0. The van der Waals surface area contributed by atoms with Gasteiger partial charge in [-0.1, -0.05) is 37.5 Å². The number of carbonyl (C=O) groups excluding carboxylic acids is 2. The van der Waals surface area contributed by atoms with E-state index < -0.39 is 0 Å². The lowest BCUT2D eigenvalue weighted by molar-refractivity contribution is -0.153. The van der Waals surface area contributed by atoms with E-state index in [1.807, 2.05) is 48.4 Å². The van der Waals surface area contributed by atoms with E-state index in [0.29, 0.717) is 19.0 Å². The highest BCUT2D eigenvalue weighted by Crippen LogP contribution is 2.22. The van der Waals surface area contributed by atoms with Crippen molar-refractivity contribution in [2.75, 3.05) is 13.2 Å². The third-order valence-corrected chi connectivity index (χ3v) is 5.31. The fourth-order valence-electron chi connectivity index (χ4n) is 3.79. The van der Waals surface area contributed by atoms with Crippen LogP contribution < -0.4 is 0 Å². The molecule has 0 unspecified atom stereocenters. The van der Waals surface area contributed by atoms with Crippen molar-refractivity contribution in [2.45, 2.75) is 57.9 Å². The van der Waals surface area contributed by atoms with Gasteiger partial charge in [0.05, 0.1) is 11.9 Å². The average Bonchev–Trinajstić information content (AvgIpc) is 3.22. The Balaban J connectivity index is 1.43. The molecule has 6 nitrogen and oxygen atoms in total. The zero-order chi connectivity index (χ0) is 19.8. The number of amides is 1. The standard InChI is InChI=1S/C22H29N3O3/c1-2-24(19-9-5-3-6-10-19)21(26)17-28-22(27)14-13-18-15-23-25(16-18)20-11-7-4-8-12-20/h4,7-8,11-12,15-16,19H,2-3,5-6,9-10,13-14,17H2,1H3. The molecule has 2 aromatic rings. The molecule has 0 aliphatic heterocycles. The zero-order valence-electron chi connectivity index (χ0n) is 16.5. The van der Waals surface area contributed by atoms with Crippen LogP contribution in [0, 0.1) is 0 Å². The lowest BCUT2D eigenvalue weighted by atomic mass is 9.94. The highest BCUT2D eigenvalue weighted by Gasteiger charge is 2.24. The predicted octanol–water partition coefficient (Wildman–Crippen LogP) is 3.53. The molecular weight excluding hydrogens is 354 g/mol. The van der Waals surface area contributed by atoms with Gasteiger partial charge in [-0.2, -0.15) is 5.10 Å². The molecule has 0 radical (unpaired) electrons. The van der Waals surface area contributed by atoms with Gasteiger partial charge in [0.25, 0.3) is 5.91 Å². The second kappa shape index (κ2) is 10.1. The molecule has 0 spiro atoms. The molecule has 1 fully saturated rings. The van der Waals surface area contributed by atoms with Gasteiger partial charge in [-0.3, -0.25) is 9.59 Å². The first-order valence-electron chi connectivity index (χ1n) is 10.2. The molecule has 6 heteroatoms. The van der Waals surface area contributed by atoms with Crippen molar-refractivity contribution in [2.24, 2.45) is 0 Å². The van der Waals surface area contributed by atoms with Crippen LogP contribution in [0.25, 0.3) is 5.69 Å². The van der Waals surface area contributed by atoms with Gasteiger partial charge >= 0.3 is 5.97 Å². The molecular formula is C22H29N3O3. The average molecular weight is 383 g/mol. The van der Waals surface area contributed by atoms with Crippen LogP contribution in [0.5, 0.6) is 0 Å². The lowest BCUT2D eigenvalue weighted by Crippen LogP contribution is -2.43.